The minimum absolute atomic E-state index is 0.150. The normalized spacial score (nSPS) is 21.1. The van der Waals surface area contributed by atoms with E-state index >= 15 is 0 Å². The lowest BCUT2D eigenvalue weighted by atomic mass is 9.91. The lowest BCUT2D eigenvalue weighted by molar-refractivity contribution is 0.174. The highest BCUT2D eigenvalue weighted by Crippen LogP contribution is 2.32. The summed E-state index contributed by atoms with van der Waals surface area (Å²) < 4.78 is 10.9. The van der Waals surface area contributed by atoms with Crippen molar-refractivity contribution in [1.82, 2.24) is 5.32 Å². The van der Waals surface area contributed by atoms with Gasteiger partial charge in [-0.3, -0.25) is 0 Å². The van der Waals surface area contributed by atoms with Crippen LogP contribution in [0.3, 0.4) is 0 Å². The van der Waals surface area contributed by atoms with Gasteiger partial charge >= 0.3 is 0 Å². The molecule has 1 fully saturated rings. The number of rotatable bonds is 5. The second-order valence-electron chi connectivity index (χ2n) is 7.38. The molecule has 29 heavy (non-hydrogen) atoms. The van der Waals surface area contributed by atoms with Gasteiger partial charge in [0, 0.05) is 17.0 Å². The van der Waals surface area contributed by atoms with Crippen molar-refractivity contribution in [3.8, 4) is 11.5 Å². The lowest BCUT2D eigenvalue weighted by Gasteiger charge is -2.31. The summed E-state index contributed by atoms with van der Waals surface area (Å²) in [6, 6.07) is 14.6. The molecule has 0 unspecified atom stereocenters. The molecule has 154 valence electrons. The summed E-state index contributed by atoms with van der Waals surface area (Å²) in [7, 11) is 0. The van der Waals surface area contributed by atoms with E-state index in [0.29, 0.717) is 6.54 Å². The van der Waals surface area contributed by atoms with Crippen LogP contribution in [-0.4, -0.2) is 31.1 Å². The van der Waals surface area contributed by atoms with Gasteiger partial charge in [-0.25, -0.2) is 4.99 Å². The van der Waals surface area contributed by atoms with Gasteiger partial charge in [-0.2, -0.15) is 0 Å². The van der Waals surface area contributed by atoms with E-state index in [1.807, 2.05) is 30.3 Å². The molecule has 4 rings (SSSR count). The van der Waals surface area contributed by atoms with E-state index in [-0.39, 0.29) is 18.9 Å². The molecule has 0 saturated heterocycles. The number of hydrogen-bond acceptors (Lipinski definition) is 5. The van der Waals surface area contributed by atoms with E-state index in [2.05, 4.69) is 29.0 Å². The minimum atomic E-state index is 0.150. The van der Waals surface area contributed by atoms with Crippen molar-refractivity contribution < 1.29 is 9.47 Å². The number of anilines is 1. The third kappa shape index (κ3) is 4.97. The zero-order chi connectivity index (χ0) is 20.1. The molecule has 2 aliphatic rings. The first-order valence-electron chi connectivity index (χ1n) is 10.1. The first kappa shape index (κ1) is 19.9. The van der Waals surface area contributed by atoms with Gasteiger partial charge in [-0.05, 0) is 48.9 Å². The van der Waals surface area contributed by atoms with Crippen LogP contribution in [0.25, 0.3) is 0 Å². The van der Waals surface area contributed by atoms with E-state index in [1.165, 1.54) is 17.7 Å². The number of nitrogens with one attached hydrogen (secondary N) is 2. The van der Waals surface area contributed by atoms with Crippen molar-refractivity contribution in [3.05, 3.63) is 48.0 Å². The fraction of sp³-hybridized carbons (Fsp3) is 0.409. The van der Waals surface area contributed by atoms with Crippen LogP contribution < -0.4 is 25.8 Å². The van der Waals surface area contributed by atoms with Crippen molar-refractivity contribution in [2.75, 3.05) is 18.4 Å². The molecular weight excluding hydrogens is 384 g/mol. The molecule has 1 aliphatic carbocycles. The number of aliphatic imine (C=N–C) groups is 1. The van der Waals surface area contributed by atoms with Crippen LogP contribution >= 0.6 is 11.8 Å². The van der Waals surface area contributed by atoms with Gasteiger partial charge in [0.15, 0.2) is 17.5 Å². The number of para-hydroxylation sites is 1. The number of thioether (sulfide) groups is 1. The summed E-state index contributed by atoms with van der Waals surface area (Å²) in [6.45, 7) is 0.816. The van der Waals surface area contributed by atoms with E-state index in [0.717, 1.165) is 41.6 Å². The lowest BCUT2D eigenvalue weighted by Crippen LogP contribution is -2.51. The average molecular weight is 413 g/mol. The first-order chi connectivity index (χ1) is 14.2. The van der Waals surface area contributed by atoms with Gasteiger partial charge in [0.1, 0.15) is 0 Å². The van der Waals surface area contributed by atoms with Crippen molar-refractivity contribution in [2.24, 2.45) is 10.7 Å². The summed E-state index contributed by atoms with van der Waals surface area (Å²) in [5.74, 6) is 2.32. The number of nitrogens with zero attached hydrogens (tertiary/aromatic N) is 1. The summed E-state index contributed by atoms with van der Waals surface area (Å²) in [6.07, 6.45) is 6.59. The molecule has 4 N–H and O–H groups in total. The Hall–Kier alpha value is -2.38. The second kappa shape index (κ2) is 9.41. The molecule has 1 saturated carbocycles. The Morgan fingerprint density at radius 1 is 1.14 bits per heavy atom. The fourth-order valence-corrected chi connectivity index (χ4v) is 4.27. The van der Waals surface area contributed by atoms with Gasteiger partial charge < -0.3 is 25.8 Å². The molecule has 0 radical (unpaired) electrons. The van der Waals surface area contributed by atoms with Crippen LogP contribution in [0.1, 0.15) is 31.2 Å². The van der Waals surface area contributed by atoms with Crippen LogP contribution in [-0.2, 0) is 6.54 Å². The first-order valence-corrected chi connectivity index (χ1v) is 11.3. The third-order valence-corrected chi connectivity index (χ3v) is 6.15. The van der Waals surface area contributed by atoms with E-state index in [1.54, 1.807) is 11.8 Å². The molecule has 1 heterocycles. The number of hydrogen-bond donors (Lipinski definition) is 3. The highest BCUT2D eigenvalue weighted by Gasteiger charge is 2.23. The monoisotopic (exact) mass is 412 g/mol. The zero-order valence-electron chi connectivity index (χ0n) is 16.7. The maximum atomic E-state index is 6.37. The van der Waals surface area contributed by atoms with Gasteiger partial charge in [0.05, 0.1) is 12.2 Å². The quantitative estimate of drug-likeness (QED) is 0.392. The molecule has 1 aliphatic heterocycles. The Bertz CT molecular complexity index is 874. The third-order valence-electron chi connectivity index (χ3n) is 5.36. The highest BCUT2D eigenvalue weighted by atomic mass is 32.2. The number of benzene rings is 2. The molecule has 6 nitrogen and oxygen atoms in total. The van der Waals surface area contributed by atoms with Gasteiger partial charge in [0.25, 0.3) is 0 Å². The summed E-state index contributed by atoms with van der Waals surface area (Å²) in [5.41, 5.74) is 8.48. The standard InChI is InChI=1S/C22H28N4O2S/c1-29-21-9-5-4-8-18(21)26-22(25-17-7-3-2-6-16(17)23)24-13-15-10-11-19-20(12-15)28-14-27-19/h4-5,8-12,16-17H,2-3,6-7,13-14,23H2,1H3,(H2,24,25,26)/t16-,17-/m0/s1. The molecule has 2 atom stereocenters. The largest absolute Gasteiger partial charge is 0.454 e. The number of ether oxygens (including phenoxy) is 2. The van der Waals surface area contributed by atoms with Gasteiger partial charge in [-0.1, -0.05) is 31.0 Å². The molecule has 7 heteroatoms. The van der Waals surface area contributed by atoms with Crippen LogP contribution in [0, 0.1) is 0 Å². The number of guanidine groups is 1. The predicted molar refractivity (Wildman–Crippen MR) is 119 cm³/mol. The summed E-state index contributed by atoms with van der Waals surface area (Å²) >= 11 is 1.71. The van der Waals surface area contributed by atoms with E-state index < -0.39 is 0 Å². The Morgan fingerprint density at radius 2 is 1.97 bits per heavy atom. The number of fused-ring (bicyclic) bond motifs is 1. The zero-order valence-corrected chi connectivity index (χ0v) is 17.5. The highest BCUT2D eigenvalue weighted by molar-refractivity contribution is 7.98. The van der Waals surface area contributed by atoms with Crippen molar-refractivity contribution in [1.29, 1.82) is 0 Å². The second-order valence-corrected chi connectivity index (χ2v) is 8.22. The summed E-state index contributed by atoms with van der Waals surface area (Å²) in [5, 5.41) is 7.07. The van der Waals surface area contributed by atoms with Crippen LogP contribution in [0.4, 0.5) is 5.69 Å². The Kier molecular flexibility index (Phi) is 6.46. The maximum absolute atomic E-state index is 6.37. The molecule has 0 aromatic heterocycles. The van der Waals surface area contributed by atoms with E-state index in [4.69, 9.17) is 20.2 Å². The maximum Gasteiger partial charge on any atom is 0.231 e. The van der Waals surface area contributed by atoms with Gasteiger partial charge in [-0.15, -0.1) is 11.8 Å². The van der Waals surface area contributed by atoms with Gasteiger partial charge in [0.2, 0.25) is 6.79 Å². The molecule has 2 aromatic carbocycles. The van der Waals surface area contributed by atoms with E-state index in [9.17, 15) is 0 Å². The van der Waals surface area contributed by atoms with Crippen LogP contribution in [0.15, 0.2) is 52.4 Å². The Balaban J connectivity index is 1.54. The number of nitrogens with two attached hydrogens (primary N) is 1. The molecule has 0 amide bonds. The SMILES string of the molecule is CSc1ccccc1NC(=NCc1ccc2c(c1)OCO2)N[C@H]1CCCC[C@@H]1N. The van der Waals surface area contributed by atoms with Crippen LogP contribution in [0.5, 0.6) is 11.5 Å². The molecule has 0 bridgehead atoms. The van der Waals surface area contributed by atoms with Crippen molar-refractivity contribution in [2.45, 2.75) is 49.2 Å². The van der Waals surface area contributed by atoms with Crippen LogP contribution in [0.2, 0.25) is 0 Å². The Morgan fingerprint density at radius 3 is 2.83 bits per heavy atom. The van der Waals surface area contributed by atoms with Crippen molar-refractivity contribution in [3.63, 3.8) is 0 Å². The fourth-order valence-electron chi connectivity index (χ4n) is 3.72. The topological polar surface area (TPSA) is 80.9 Å². The molecule has 2 aromatic rings. The molecule has 0 spiro atoms. The smallest absolute Gasteiger partial charge is 0.231 e. The summed E-state index contributed by atoms with van der Waals surface area (Å²) in [4.78, 5) is 6.03. The minimum Gasteiger partial charge on any atom is -0.454 e. The molecular formula is C22H28N4O2S. The van der Waals surface area contributed by atoms with Crippen molar-refractivity contribution >= 4 is 23.4 Å². The predicted octanol–water partition coefficient (Wildman–Crippen LogP) is 3.96. The average Bonchev–Trinajstić information content (AvgIpc) is 3.22. The Labute approximate surface area is 176 Å².